The topological polar surface area (TPSA) is 13.1 Å². The van der Waals surface area contributed by atoms with Gasteiger partial charge in [-0.15, -0.1) is 11.8 Å². The van der Waals surface area contributed by atoms with Crippen molar-refractivity contribution in [2.45, 2.75) is 11.5 Å². The third-order valence-electron chi connectivity index (χ3n) is 2.08. The molecule has 0 aliphatic rings. The van der Waals surface area contributed by atoms with Gasteiger partial charge in [-0.05, 0) is 45.8 Å². The van der Waals surface area contributed by atoms with Crippen molar-refractivity contribution in [3.8, 4) is 0 Å². The van der Waals surface area contributed by atoms with Gasteiger partial charge in [-0.3, -0.25) is 0 Å². The Labute approximate surface area is 106 Å². The van der Waals surface area contributed by atoms with Crippen molar-refractivity contribution in [2.24, 2.45) is 0 Å². The average Bonchev–Trinajstić information content (AvgIpc) is 2.76. The molecule has 0 unspecified atom stereocenters. The second kappa shape index (κ2) is 5.55. The van der Waals surface area contributed by atoms with E-state index in [1.165, 1.54) is 6.07 Å². The molecule has 0 atom stereocenters. The monoisotopic (exact) mass is 300 g/mol. The lowest BCUT2D eigenvalue weighted by atomic mass is 10.2. The number of furan rings is 1. The van der Waals surface area contributed by atoms with Crippen molar-refractivity contribution in [1.29, 1.82) is 0 Å². The summed E-state index contributed by atoms with van der Waals surface area (Å²) in [5, 5.41) is 0. The Morgan fingerprint density at radius 1 is 1.25 bits per heavy atom. The Bertz CT molecular complexity index is 456. The molecule has 2 rings (SSSR count). The second-order valence-electron chi connectivity index (χ2n) is 3.32. The highest BCUT2D eigenvalue weighted by atomic mass is 79.9. The molecule has 0 fully saturated rings. The van der Waals surface area contributed by atoms with E-state index in [9.17, 15) is 4.39 Å². The summed E-state index contributed by atoms with van der Waals surface area (Å²) < 4.78 is 18.7. The van der Waals surface area contributed by atoms with E-state index in [0.717, 1.165) is 22.8 Å². The molecule has 0 spiro atoms. The van der Waals surface area contributed by atoms with Crippen LogP contribution in [0.1, 0.15) is 11.3 Å². The van der Waals surface area contributed by atoms with Crippen molar-refractivity contribution in [1.82, 2.24) is 0 Å². The highest BCUT2D eigenvalue weighted by Gasteiger charge is 2.01. The zero-order valence-corrected chi connectivity index (χ0v) is 10.9. The minimum atomic E-state index is -0.222. The Kier molecular flexibility index (Phi) is 4.07. The molecule has 4 heteroatoms. The number of benzene rings is 1. The number of hydrogen-bond donors (Lipinski definition) is 0. The lowest BCUT2D eigenvalue weighted by Gasteiger charge is -2.02. The molecule has 0 aliphatic heterocycles. The maximum Gasteiger partial charge on any atom is 0.137 e. The van der Waals surface area contributed by atoms with E-state index in [0.29, 0.717) is 4.47 Å². The molecule has 1 heterocycles. The third-order valence-corrected chi connectivity index (χ3v) is 3.71. The predicted molar refractivity (Wildman–Crippen MR) is 67.8 cm³/mol. The van der Waals surface area contributed by atoms with Crippen LogP contribution >= 0.6 is 27.7 Å². The van der Waals surface area contributed by atoms with Crippen LogP contribution in [-0.2, 0) is 11.5 Å². The first kappa shape index (κ1) is 11.7. The summed E-state index contributed by atoms with van der Waals surface area (Å²) in [5.41, 5.74) is 1.10. The van der Waals surface area contributed by atoms with Crippen molar-refractivity contribution in [2.75, 3.05) is 0 Å². The van der Waals surface area contributed by atoms with E-state index < -0.39 is 0 Å². The number of halogens is 2. The summed E-state index contributed by atoms with van der Waals surface area (Å²) in [7, 11) is 0. The van der Waals surface area contributed by atoms with Gasteiger partial charge in [0.1, 0.15) is 11.6 Å². The second-order valence-corrected chi connectivity index (χ2v) is 5.16. The fraction of sp³-hybridized carbons (Fsp3) is 0.167. The minimum Gasteiger partial charge on any atom is -0.468 e. The molecule has 0 bridgehead atoms. The van der Waals surface area contributed by atoms with Gasteiger partial charge >= 0.3 is 0 Å². The SMILES string of the molecule is Fc1ccc(CSCc2ccco2)cc1Br. The van der Waals surface area contributed by atoms with Gasteiger partial charge in [0.15, 0.2) is 0 Å². The largest absolute Gasteiger partial charge is 0.468 e. The molecule has 0 aliphatic carbocycles. The number of hydrogen-bond acceptors (Lipinski definition) is 2. The van der Waals surface area contributed by atoms with Gasteiger partial charge in [0.05, 0.1) is 16.5 Å². The van der Waals surface area contributed by atoms with Crippen LogP contribution in [0.4, 0.5) is 4.39 Å². The van der Waals surface area contributed by atoms with Crippen LogP contribution in [0, 0.1) is 5.82 Å². The fourth-order valence-corrected chi connectivity index (χ4v) is 2.60. The maximum absolute atomic E-state index is 13.0. The van der Waals surface area contributed by atoms with Crippen molar-refractivity contribution in [3.63, 3.8) is 0 Å². The molecule has 2 aromatic rings. The van der Waals surface area contributed by atoms with Crippen LogP contribution in [0.15, 0.2) is 45.5 Å². The van der Waals surface area contributed by atoms with Gasteiger partial charge in [0.2, 0.25) is 0 Å². The van der Waals surface area contributed by atoms with E-state index in [1.54, 1.807) is 24.1 Å². The van der Waals surface area contributed by atoms with Crippen molar-refractivity contribution >= 4 is 27.7 Å². The summed E-state index contributed by atoms with van der Waals surface area (Å²) in [6, 6.07) is 8.92. The molecule has 1 nitrogen and oxygen atoms in total. The molecule has 0 saturated carbocycles. The van der Waals surface area contributed by atoms with Crippen LogP contribution in [0.5, 0.6) is 0 Å². The van der Waals surface area contributed by atoms with Gasteiger partial charge in [-0.25, -0.2) is 4.39 Å². The third kappa shape index (κ3) is 3.12. The van der Waals surface area contributed by atoms with Crippen LogP contribution in [-0.4, -0.2) is 0 Å². The van der Waals surface area contributed by atoms with Gasteiger partial charge in [0.25, 0.3) is 0 Å². The molecule has 84 valence electrons. The molecule has 0 amide bonds. The standard InChI is InChI=1S/C12H10BrFOS/c13-11-6-9(3-4-12(11)14)7-16-8-10-2-1-5-15-10/h1-6H,7-8H2. The van der Waals surface area contributed by atoms with Crippen molar-refractivity contribution in [3.05, 3.63) is 58.2 Å². The molecule has 1 aromatic heterocycles. The lowest BCUT2D eigenvalue weighted by Crippen LogP contribution is -1.84. The smallest absolute Gasteiger partial charge is 0.137 e. The number of rotatable bonds is 4. The Morgan fingerprint density at radius 3 is 2.81 bits per heavy atom. The summed E-state index contributed by atoms with van der Waals surface area (Å²) in [5.74, 6) is 2.42. The lowest BCUT2D eigenvalue weighted by molar-refractivity contribution is 0.530. The first-order chi connectivity index (χ1) is 7.75. The Hall–Kier alpha value is -0.740. The number of thioether (sulfide) groups is 1. The van der Waals surface area contributed by atoms with Crippen LogP contribution in [0.25, 0.3) is 0 Å². The quantitative estimate of drug-likeness (QED) is 0.817. The van der Waals surface area contributed by atoms with Gasteiger partial charge < -0.3 is 4.42 Å². The Morgan fingerprint density at radius 2 is 2.12 bits per heavy atom. The predicted octanol–water partition coefficient (Wildman–Crippen LogP) is 4.61. The molecule has 0 radical (unpaired) electrons. The van der Waals surface area contributed by atoms with Crippen LogP contribution < -0.4 is 0 Å². The molecule has 16 heavy (non-hydrogen) atoms. The summed E-state index contributed by atoms with van der Waals surface area (Å²) in [6.45, 7) is 0. The van der Waals surface area contributed by atoms with E-state index in [4.69, 9.17) is 4.42 Å². The molecular formula is C12H10BrFOS. The van der Waals surface area contributed by atoms with E-state index in [1.807, 2.05) is 18.2 Å². The molecular weight excluding hydrogens is 291 g/mol. The highest BCUT2D eigenvalue weighted by Crippen LogP contribution is 2.22. The van der Waals surface area contributed by atoms with Gasteiger partial charge in [-0.1, -0.05) is 6.07 Å². The van der Waals surface area contributed by atoms with Crippen LogP contribution in [0.3, 0.4) is 0 Å². The van der Waals surface area contributed by atoms with Gasteiger partial charge in [-0.2, -0.15) is 0 Å². The highest BCUT2D eigenvalue weighted by molar-refractivity contribution is 9.10. The van der Waals surface area contributed by atoms with Crippen LogP contribution in [0.2, 0.25) is 0 Å². The fourth-order valence-electron chi connectivity index (χ4n) is 1.29. The van der Waals surface area contributed by atoms with E-state index in [-0.39, 0.29) is 5.82 Å². The molecule has 1 aromatic carbocycles. The first-order valence-corrected chi connectivity index (χ1v) is 6.74. The maximum atomic E-state index is 13.0. The molecule has 0 N–H and O–H groups in total. The van der Waals surface area contributed by atoms with E-state index >= 15 is 0 Å². The van der Waals surface area contributed by atoms with Gasteiger partial charge in [0, 0.05) is 5.75 Å². The van der Waals surface area contributed by atoms with Crippen molar-refractivity contribution < 1.29 is 8.81 Å². The summed E-state index contributed by atoms with van der Waals surface area (Å²) >= 11 is 4.92. The Balaban J connectivity index is 1.87. The first-order valence-electron chi connectivity index (χ1n) is 4.80. The molecule has 0 saturated heterocycles. The normalized spacial score (nSPS) is 10.6. The minimum absolute atomic E-state index is 0.222. The zero-order chi connectivity index (χ0) is 11.4. The summed E-state index contributed by atoms with van der Waals surface area (Å²) in [6.07, 6.45) is 1.67. The van der Waals surface area contributed by atoms with E-state index in [2.05, 4.69) is 15.9 Å². The average molecular weight is 301 g/mol. The zero-order valence-electron chi connectivity index (χ0n) is 8.45. The summed E-state index contributed by atoms with van der Waals surface area (Å²) in [4.78, 5) is 0.